The Morgan fingerprint density at radius 3 is 2.36 bits per heavy atom. The molecule has 9 heteroatoms. The molecule has 1 fully saturated rings. The molecule has 1 atom stereocenters. The summed E-state index contributed by atoms with van der Waals surface area (Å²) in [6.45, 7) is 10.9. The van der Waals surface area contributed by atoms with Crippen LogP contribution >= 0.6 is 0 Å². The van der Waals surface area contributed by atoms with Gasteiger partial charge in [-0.3, -0.25) is 14.9 Å². The number of benzene rings is 1. The molecule has 2 aliphatic rings. The van der Waals surface area contributed by atoms with E-state index in [1.165, 1.54) is 0 Å². The van der Waals surface area contributed by atoms with E-state index < -0.39 is 29.7 Å². The topological polar surface area (TPSA) is 81.4 Å². The molecule has 1 aromatic heterocycles. The Morgan fingerprint density at radius 2 is 1.82 bits per heavy atom. The number of nitrogens with one attached hydrogen (secondary N) is 1. The highest BCUT2D eigenvalue weighted by Crippen LogP contribution is 2.50. The molecule has 2 aromatic rings. The molecule has 1 unspecified atom stereocenters. The maximum atomic E-state index is 13.1. The van der Waals surface area contributed by atoms with Gasteiger partial charge in [0.2, 0.25) is 17.6 Å². The Morgan fingerprint density at radius 1 is 1.12 bits per heavy atom. The van der Waals surface area contributed by atoms with Gasteiger partial charge in [-0.2, -0.15) is 13.2 Å². The van der Waals surface area contributed by atoms with Crippen molar-refractivity contribution < 1.29 is 32.0 Å². The van der Waals surface area contributed by atoms with Crippen LogP contribution < -0.4 is 5.32 Å². The van der Waals surface area contributed by atoms with Crippen LogP contribution in [0.3, 0.4) is 0 Å². The predicted molar refractivity (Wildman–Crippen MR) is 114 cm³/mol. The summed E-state index contributed by atoms with van der Waals surface area (Å²) in [5.41, 5.74) is 1.99. The van der Waals surface area contributed by atoms with Gasteiger partial charge in [-0.05, 0) is 22.6 Å². The zero-order chi connectivity index (χ0) is 24.3. The molecule has 1 N–H and O–H groups in total. The van der Waals surface area contributed by atoms with Gasteiger partial charge in [0.15, 0.2) is 0 Å². The van der Waals surface area contributed by atoms with E-state index >= 15 is 0 Å². The van der Waals surface area contributed by atoms with E-state index in [2.05, 4.69) is 49.6 Å². The van der Waals surface area contributed by atoms with Gasteiger partial charge in [0.1, 0.15) is 11.5 Å². The van der Waals surface area contributed by atoms with Crippen LogP contribution in [0.5, 0.6) is 0 Å². The number of carbonyl (C=O) groups excluding carboxylic acids is 2. The minimum atomic E-state index is -4.69. The molecule has 0 bridgehead atoms. The third kappa shape index (κ3) is 4.16. The number of ether oxygens (including phenoxy) is 1. The molecule has 4 rings (SSSR count). The molecule has 33 heavy (non-hydrogen) atoms. The summed E-state index contributed by atoms with van der Waals surface area (Å²) in [5, 5.41) is 5.84. The van der Waals surface area contributed by atoms with Gasteiger partial charge in [-0.25, -0.2) is 0 Å². The molecule has 176 valence electrons. The van der Waals surface area contributed by atoms with E-state index in [1.54, 1.807) is 18.2 Å². The molecule has 0 saturated carbocycles. The van der Waals surface area contributed by atoms with E-state index in [0.29, 0.717) is 29.1 Å². The summed E-state index contributed by atoms with van der Waals surface area (Å²) in [6.07, 6.45) is -4.79. The first-order valence-electron chi connectivity index (χ1n) is 10.6. The standard InChI is InChI=1S/C24H25F3N2O4/c1-22(2,3)20-19(32-11-23(20,4)5)12-6-7-13(16-10-17(33-29-16)24(25,26)27)14(8-12)15-9-18(30)28-21(15)31/h6-8,10,15H,9,11H2,1-5H3,(H,28,30,31). The van der Waals surface area contributed by atoms with E-state index in [0.717, 1.165) is 11.6 Å². The molecule has 0 aliphatic carbocycles. The highest BCUT2D eigenvalue weighted by molar-refractivity contribution is 6.07. The summed E-state index contributed by atoms with van der Waals surface area (Å²) in [4.78, 5) is 24.4. The number of hydrogen-bond acceptors (Lipinski definition) is 5. The first-order chi connectivity index (χ1) is 15.2. The number of halogens is 3. The number of rotatable bonds is 3. The second-order valence-electron chi connectivity index (χ2n) is 10.2. The van der Waals surface area contributed by atoms with Crippen molar-refractivity contribution >= 4 is 17.6 Å². The largest absolute Gasteiger partial charge is 0.492 e. The van der Waals surface area contributed by atoms with Gasteiger partial charge < -0.3 is 9.26 Å². The minimum Gasteiger partial charge on any atom is -0.492 e. The Hall–Kier alpha value is -3.10. The van der Waals surface area contributed by atoms with Crippen molar-refractivity contribution in [3.05, 3.63) is 46.7 Å². The lowest BCUT2D eigenvalue weighted by Crippen LogP contribution is -2.24. The normalized spacial score (nSPS) is 20.9. The Labute approximate surface area is 189 Å². The smallest absolute Gasteiger partial charge is 0.452 e. The van der Waals surface area contributed by atoms with Crippen LogP contribution in [-0.4, -0.2) is 23.6 Å². The van der Waals surface area contributed by atoms with Crippen molar-refractivity contribution in [2.45, 2.75) is 53.1 Å². The molecular weight excluding hydrogens is 437 g/mol. The first kappa shape index (κ1) is 23.1. The lowest BCUT2D eigenvalue weighted by Gasteiger charge is -2.31. The number of hydrogen-bond donors (Lipinski definition) is 1. The maximum absolute atomic E-state index is 13.1. The lowest BCUT2D eigenvalue weighted by atomic mass is 9.71. The number of carbonyl (C=O) groups is 2. The number of aromatic nitrogens is 1. The number of alkyl halides is 3. The molecule has 2 amide bonds. The van der Waals surface area contributed by atoms with Crippen LogP contribution in [-0.2, 0) is 20.5 Å². The van der Waals surface area contributed by atoms with Gasteiger partial charge in [-0.15, -0.1) is 0 Å². The van der Waals surface area contributed by atoms with Gasteiger partial charge in [0.05, 0.1) is 12.5 Å². The summed E-state index contributed by atoms with van der Waals surface area (Å²) in [6, 6.07) is 5.84. The third-order valence-corrected chi connectivity index (χ3v) is 5.95. The van der Waals surface area contributed by atoms with E-state index in [-0.39, 0.29) is 22.9 Å². The quantitative estimate of drug-likeness (QED) is 0.626. The average Bonchev–Trinajstić information content (AvgIpc) is 3.37. The second kappa shape index (κ2) is 7.46. The fourth-order valence-electron chi connectivity index (χ4n) is 4.85. The fourth-order valence-corrected chi connectivity index (χ4v) is 4.85. The van der Waals surface area contributed by atoms with Crippen molar-refractivity contribution in [1.29, 1.82) is 0 Å². The van der Waals surface area contributed by atoms with Crippen LogP contribution in [0, 0.1) is 10.8 Å². The monoisotopic (exact) mass is 462 g/mol. The van der Waals surface area contributed by atoms with Crippen LogP contribution in [0.25, 0.3) is 17.0 Å². The van der Waals surface area contributed by atoms with Gasteiger partial charge in [0.25, 0.3) is 0 Å². The zero-order valence-corrected chi connectivity index (χ0v) is 19.0. The van der Waals surface area contributed by atoms with Crippen molar-refractivity contribution in [2.24, 2.45) is 10.8 Å². The van der Waals surface area contributed by atoms with Crippen LogP contribution in [0.1, 0.15) is 63.8 Å². The molecule has 1 aromatic carbocycles. The van der Waals surface area contributed by atoms with Gasteiger partial charge in [-0.1, -0.05) is 51.9 Å². The summed E-state index contributed by atoms with van der Waals surface area (Å²) in [7, 11) is 0. The van der Waals surface area contributed by atoms with Crippen molar-refractivity contribution in [3.8, 4) is 11.3 Å². The Kier molecular flexibility index (Phi) is 5.22. The number of imide groups is 1. The summed E-state index contributed by atoms with van der Waals surface area (Å²) in [5.74, 6) is -2.35. The van der Waals surface area contributed by atoms with E-state index in [1.807, 2.05) is 0 Å². The van der Waals surface area contributed by atoms with Crippen molar-refractivity contribution in [1.82, 2.24) is 10.5 Å². The predicted octanol–water partition coefficient (Wildman–Crippen LogP) is 5.30. The SMILES string of the molecule is CC(C)(C)C1=C(c2ccc(-c3cc(C(F)(F)F)on3)c(C3CC(=O)NC3=O)c2)OCC1(C)C. The third-order valence-electron chi connectivity index (χ3n) is 5.95. The maximum Gasteiger partial charge on any atom is 0.452 e. The molecular formula is C24H25F3N2O4. The van der Waals surface area contributed by atoms with Crippen molar-refractivity contribution in [2.75, 3.05) is 6.61 Å². The summed E-state index contributed by atoms with van der Waals surface area (Å²) < 4.78 is 49.8. The molecule has 6 nitrogen and oxygen atoms in total. The van der Waals surface area contributed by atoms with Crippen LogP contribution in [0.2, 0.25) is 0 Å². The minimum absolute atomic E-state index is 0.0614. The number of nitrogens with zero attached hydrogens (tertiary/aromatic N) is 1. The van der Waals surface area contributed by atoms with Gasteiger partial charge >= 0.3 is 6.18 Å². The van der Waals surface area contributed by atoms with Crippen LogP contribution in [0.15, 0.2) is 34.4 Å². The molecule has 2 aliphatic heterocycles. The Balaban J connectivity index is 1.90. The average molecular weight is 462 g/mol. The number of amides is 2. The Bertz CT molecular complexity index is 1170. The van der Waals surface area contributed by atoms with Crippen LogP contribution in [0.4, 0.5) is 13.2 Å². The highest BCUT2D eigenvalue weighted by atomic mass is 19.4. The zero-order valence-electron chi connectivity index (χ0n) is 19.0. The molecule has 0 spiro atoms. The van der Waals surface area contributed by atoms with Gasteiger partial charge in [0, 0.05) is 29.0 Å². The van der Waals surface area contributed by atoms with E-state index in [9.17, 15) is 22.8 Å². The fraction of sp³-hybridized carbons (Fsp3) is 0.458. The molecule has 0 radical (unpaired) electrons. The highest BCUT2D eigenvalue weighted by Gasteiger charge is 2.42. The molecule has 3 heterocycles. The lowest BCUT2D eigenvalue weighted by molar-refractivity contribution is -0.155. The first-order valence-corrected chi connectivity index (χ1v) is 10.6. The second-order valence-corrected chi connectivity index (χ2v) is 10.2. The molecule has 1 saturated heterocycles. The summed E-state index contributed by atoms with van der Waals surface area (Å²) >= 11 is 0. The van der Waals surface area contributed by atoms with E-state index in [4.69, 9.17) is 4.74 Å². The van der Waals surface area contributed by atoms with Crippen molar-refractivity contribution in [3.63, 3.8) is 0 Å².